The predicted octanol–water partition coefficient (Wildman–Crippen LogP) is -3.47. The van der Waals surface area contributed by atoms with Crippen LogP contribution in [0.15, 0.2) is 14.4 Å². The van der Waals surface area contributed by atoms with E-state index in [-0.39, 0.29) is 30.7 Å². The van der Waals surface area contributed by atoms with E-state index in [1.807, 2.05) is 4.98 Å². The number of aromatic nitrogens is 4. The fourth-order valence-electron chi connectivity index (χ4n) is 3.02. The number of aromatic amines is 2. The molecule has 0 radical (unpaired) electrons. The molecule has 2 rings (SSSR count). The van der Waals surface area contributed by atoms with E-state index in [1.165, 1.54) is 0 Å². The number of phosphoric acid groups is 1. The van der Waals surface area contributed by atoms with Gasteiger partial charge in [0.05, 0.1) is 19.8 Å². The lowest BCUT2D eigenvalue weighted by Crippen LogP contribution is -2.43. The molecule has 0 amide bonds. The standard InChI is InChI=1S/C15H25N4O11P/c20-7-9(22)11(23)8(21)6-19-12-10(13(24)17-14(25)16-12)18(15(19)26)4-2-1-3-5-30-31(27,28)29/h8-9,11,20-23H,1-7H2,(H2,27,28,29)(H2,16,17,24,25)/t8-,9+,11-/m0/s1. The van der Waals surface area contributed by atoms with Gasteiger partial charge in [-0.3, -0.25) is 28.4 Å². The Labute approximate surface area is 173 Å². The van der Waals surface area contributed by atoms with Crippen LogP contribution in [0.3, 0.4) is 0 Å². The maximum atomic E-state index is 12.8. The van der Waals surface area contributed by atoms with Gasteiger partial charge in [-0.05, 0) is 19.3 Å². The monoisotopic (exact) mass is 468 g/mol. The summed E-state index contributed by atoms with van der Waals surface area (Å²) in [6.07, 6.45) is -4.18. The summed E-state index contributed by atoms with van der Waals surface area (Å²) in [6.45, 7) is -1.62. The van der Waals surface area contributed by atoms with E-state index in [0.717, 1.165) is 9.13 Å². The molecule has 3 atom stereocenters. The maximum Gasteiger partial charge on any atom is 0.469 e. The van der Waals surface area contributed by atoms with Gasteiger partial charge in [0.25, 0.3) is 5.56 Å². The van der Waals surface area contributed by atoms with Crippen LogP contribution in [0.1, 0.15) is 19.3 Å². The lowest BCUT2D eigenvalue weighted by molar-refractivity contribution is -0.0806. The first-order chi connectivity index (χ1) is 14.5. The Hall–Kier alpha value is -2.10. The van der Waals surface area contributed by atoms with Crippen molar-refractivity contribution in [2.24, 2.45) is 0 Å². The minimum atomic E-state index is -4.57. The first-order valence-electron chi connectivity index (χ1n) is 9.27. The van der Waals surface area contributed by atoms with E-state index in [0.29, 0.717) is 12.8 Å². The Bertz CT molecular complexity index is 1100. The molecule has 176 valence electrons. The fraction of sp³-hybridized carbons (Fsp3) is 0.667. The summed E-state index contributed by atoms with van der Waals surface area (Å²) >= 11 is 0. The Morgan fingerprint density at radius 3 is 2.26 bits per heavy atom. The van der Waals surface area contributed by atoms with Gasteiger partial charge in [-0.1, -0.05) is 0 Å². The van der Waals surface area contributed by atoms with E-state index in [2.05, 4.69) is 9.51 Å². The molecule has 0 aliphatic heterocycles. The molecule has 0 aliphatic carbocycles. The zero-order valence-electron chi connectivity index (χ0n) is 16.2. The largest absolute Gasteiger partial charge is 0.469 e. The molecule has 0 saturated carbocycles. The van der Waals surface area contributed by atoms with Crippen molar-refractivity contribution in [2.75, 3.05) is 13.2 Å². The Balaban J connectivity index is 2.26. The molecule has 31 heavy (non-hydrogen) atoms. The molecule has 15 nitrogen and oxygen atoms in total. The van der Waals surface area contributed by atoms with Gasteiger partial charge in [-0.15, -0.1) is 0 Å². The molecule has 0 spiro atoms. The summed E-state index contributed by atoms with van der Waals surface area (Å²) in [7, 11) is -4.57. The van der Waals surface area contributed by atoms with Gasteiger partial charge in [0.15, 0.2) is 5.52 Å². The van der Waals surface area contributed by atoms with Crippen molar-refractivity contribution in [3.63, 3.8) is 0 Å². The normalized spacial score (nSPS) is 15.3. The number of H-pyrrole nitrogens is 2. The Kier molecular flexibility index (Phi) is 8.50. The first-order valence-corrected chi connectivity index (χ1v) is 10.8. The minimum absolute atomic E-state index is 0.00524. The molecule has 2 aromatic heterocycles. The molecule has 16 heteroatoms. The van der Waals surface area contributed by atoms with Crippen LogP contribution < -0.4 is 16.9 Å². The number of aliphatic hydroxyl groups is 4. The highest BCUT2D eigenvalue weighted by Gasteiger charge is 2.27. The van der Waals surface area contributed by atoms with Crippen molar-refractivity contribution in [3.05, 3.63) is 31.3 Å². The molecule has 0 fully saturated rings. The first kappa shape index (κ1) is 25.2. The summed E-state index contributed by atoms with van der Waals surface area (Å²) in [5.41, 5.74) is -2.92. The van der Waals surface area contributed by atoms with E-state index in [4.69, 9.17) is 14.9 Å². The minimum Gasteiger partial charge on any atom is -0.394 e. The average molecular weight is 468 g/mol. The highest BCUT2D eigenvalue weighted by atomic mass is 31.2. The number of aryl methyl sites for hydroxylation is 1. The topological polar surface area (TPSA) is 240 Å². The van der Waals surface area contributed by atoms with Gasteiger partial charge in [-0.25, -0.2) is 14.2 Å². The number of hydrogen-bond acceptors (Lipinski definition) is 9. The summed E-state index contributed by atoms with van der Waals surface area (Å²) in [6, 6.07) is 0. The zero-order valence-corrected chi connectivity index (χ0v) is 17.1. The lowest BCUT2D eigenvalue weighted by atomic mass is 10.1. The molecule has 2 aromatic rings. The summed E-state index contributed by atoms with van der Waals surface area (Å²) in [5.74, 6) is 0. The Morgan fingerprint density at radius 2 is 1.65 bits per heavy atom. The third-order valence-electron chi connectivity index (χ3n) is 4.53. The lowest BCUT2D eigenvalue weighted by Gasteiger charge is -2.21. The SMILES string of the molecule is O=c1[nH]c(=O)c2c([nH]1)n(C[C@H](O)[C@H](O)[C@H](O)CO)c(=O)n2CCCCCOP(=O)(O)O. The summed E-state index contributed by atoms with van der Waals surface area (Å²) in [4.78, 5) is 58.3. The second kappa shape index (κ2) is 10.5. The Morgan fingerprint density at radius 1 is 0.968 bits per heavy atom. The molecule has 0 aliphatic rings. The second-order valence-electron chi connectivity index (χ2n) is 6.84. The molecule has 0 bridgehead atoms. The molecule has 2 heterocycles. The third kappa shape index (κ3) is 6.44. The van der Waals surface area contributed by atoms with Crippen molar-refractivity contribution in [2.45, 2.75) is 50.7 Å². The molecule has 0 saturated heterocycles. The second-order valence-corrected chi connectivity index (χ2v) is 8.08. The van der Waals surface area contributed by atoms with Gasteiger partial charge in [0.1, 0.15) is 24.0 Å². The number of rotatable bonds is 12. The molecular weight excluding hydrogens is 443 g/mol. The number of unbranched alkanes of at least 4 members (excludes halogenated alkanes) is 2. The predicted molar refractivity (Wildman–Crippen MR) is 104 cm³/mol. The van der Waals surface area contributed by atoms with Crippen LogP contribution in [0, 0.1) is 0 Å². The highest BCUT2D eigenvalue weighted by Crippen LogP contribution is 2.35. The number of aliphatic hydroxyl groups excluding tert-OH is 4. The maximum absolute atomic E-state index is 12.8. The van der Waals surface area contributed by atoms with Crippen LogP contribution in [-0.4, -0.2) is 80.8 Å². The van der Waals surface area contributed by atoms with E-state index in [9.17, 15) is 34.3 Å². The number of hydrogen-bond donors (Lipinski definition) is 8. The number of phosphoric ester groups is 1. The number of imidazole rings is 1. The van der Waals surface area contributed by atoms with E-state index < -0.39 is 56.2 Å². The van der Waals surface area contributed by atoms with Crippen molar-refractivity contribution < 1.29 is 39.3 Å². The number of nitrogens with zero attached hydrogens (tertiary/aromatic N) is 2. The third-order valence-corrected chi connectivity index (χ3v) is 5.05. The number of nitrogens with one attached hydrogen (secondary N) is 2. The van der Waals surface area contributed by atoms with Gasteiger partial charge in [0.2, 0.25) is 0 Å². The molecule has 8 N–H and O–H groups in total. The van der Waals surface area contributed by atoms with Crippen LogP contribution in [0.25, 0.3) is 11.2 Å². The average Bonchev–Trinajstić information content (AvgIpc) is 2.94. The van der Waals surface area contributed by atoms with Crippen LogP contribution in [0.5, 0.6) is 0 Å². The quantitative estimate of drug-likeness (QED) is 0.112. The van der Waals surface area contributed by atoms with Crippen molar-refractivity contribution in [3.8, 4) is 0 Å². The van der Waals surface area contributed by atoms with Gasteiger partial charge in [-0.2, -0.15) is 0 Å². The van der Waals surface area contributed by atoms with Crippen LogP contribution in [0.2, 0.25) is 0 Å². The van der Waals surface area contributed by atoms with Gasteiger partial charge in [0, 0.05) is 6.54 Å². The molecule has 0 unspecified atom stereocenters. The van der Waals surface area contributed by atoms with Crippen LogP contribution >= 0.6 is 7.82 Å². The fourth-order valence-corrected chi connectivity index (χ4v) is 3.39. The van der Waals surface area contributed by atoms with E-state index >= 15 is 0 Å². The van der Waals surface area contributed by atoms with Crippen molar-refractivity contribution in [1.29, 1.82) is 0 Å². The zero-order chi connectivity index (χ0) is 23.3. The smallest absolute Gasteiger partial charge is 0.394 e. The van der Waals surface area contributed by atoms with E-state index in [1.54, 1.807) is 0 Å². The van der Waals surface area contributed by atoms with Crippen LogP contribution in [0.4, 0.5) is 0 Å². The highest BCUT2D eigenvalue weighted by molar-refractivity contribution is 7.46. The van der Waals surface area contributed by atoms with Crippen molar-refractivity contribution >= 4 is 19.0 Å². The van der Waals surface area contributed by atoms with Gasteiger partial charge >= 0.3 is 19.2 Å². The van der Waals surface area contributed by atoms with Crippen LogP contribution in [-0.2, 0) is 22.2 Å². The summed E-state index contributed by atoms with van der Waals surface area (Å²) in [5, 5.41) is 38.3. The summed E-state index contributed by atoms with van der Waals surface area (Å²) < 4.78 is 16.9. The van der Waals surface area contributed by atoms with Gasteiger partial charge < -0.3 is 30.2 Å². The number of fused-ring (bicyclic) bond motifs is 1. The molecule has 0 aromatic carbocycles. The van der Waals surface area contributed by atoms with Crippen molar-refractivity contribution in [1.82, 2.24) is 19.1 Å². The molecular formula is C15H25N4O11P.